The summed E-state index contributed by atoms with van der Waals surface area (Å²) in [5, 5.41) is 10.8. The van der Waals surface area contributed by atoms with Crippen molar-refractivity contribution in [2.24, 2.45) is 0 Å². The van der Waals surface area contributed by atoms with E-state index in [1.54, 1.807) is 11.3 Å². The van der Waals surface area contributed by atoms with Crippen LogP contribution in [0.1, 0.15) is 5.01 Å². The molecule has 1 N–H and O–H groups in total. The second-order valence-corrected chi connectivity index (χ2v) is 4.80. The third-order valence-electron chi connectivity index (χ3n) is 2.50. The number of rotatable bonds is 5. The van der Waals surface area contributed by atoms with Crippen molar-refractivity contribution in [1.29, 1.82) is 0 Å². The molecule has 1 heterocycles. The Morgan fingerprint density at radius 3 is 2.65 bits per heavy atom. The molecule has 0 bridgehead atoms. The first-order valence-corrected chi connectivity index (χ1v) is 6.14. The monoisotopic (exact) mass is 253 g/mol. The zero-order chi connectivity index (χ0) is 12.3. The van der Waals surface area contributed by atoms with Gasteiger partial charge in [0.05, 0.1) is 15.2 Å². The minimum atomic E-state index is -0.703. The van der Waals surface area contributed by atoms with Gasteiger partial charge in [-0.15, -0.1) is 11.3 Å². The number of fused-ring (bicyclic) bond motifs is 1. The van der Waals surface area contributed by atoms with Crippen molar-refractivity contribution in [1.82, 2.24) is 4.98 Å². The Kier molecular flexibility index (Phi) is 4.06. The number of hydrogen-bond acceptors (Lipinski definition) is 5. The van der Waals surface area contributed by atoms with Crippen molar-refractivity contribution >= 4 is 21.6 Å². The zero-order valence-electron chi connectivity index (χ0n) is 9.79. The molecule has 0 saturated carbocycles. The average Bonchev–Trinajstić information content (AvgIpc) is 2.72. The summed E-state index contributed by atoms with van der Waals surface area (Å²) in [4.78, 5) is 4.45. The predicted molar refractivity (Wildman–Crippen MR) is 67.1 cm³/mol. The molecule has 2 aromatic rings. The Hall–Kier alpha value is -1.01. The number of ether oxygens (including phenoxy) is 2. The van der Waals surface area contributed by atoms with Crippen molar-refractivity contribution < 1.29 is 14.6 Å². The number of aliphatic hydroxyl groups excluding tert-OH is 1. The predicted octanol–water partition coefficient (Wildman–Crippen LogP) is 1.82. The number of aliphatic hydroxyl groups is 1. The number of hydrogen-bond donors (Lipinski definition) is 1. The van der Waals surface area contributed by atoms with E-state index in [1.807, 2.05) is 24.3 Å². The second-order valence-electron chi connectivity index (χ2n) is 3.69. The Morgan fingerprint density at radius 2 is 2.00 bits per heavy atom. The molecule has 92 valence electrons. The summed E-state index contributed by atoms with van der Waals surface area (Å²) in [6, 6.07) is 7.92. The zero-order valence-corrected chi connectivity index (χ0v) is 10.6. The molecular weight excluding hydrogens is 238 g/mol. The molecule has 1 atom stereocenters. The number of nitrogens with zero attached hydrogens (tertiary/aromatic N) is 1. The first-order valence-electron chi connectivity index (χ1n) is 5.32. The number of para-hydroxylation sites is 1. The molecule has 0 radical (unpaired) electrons. The van der Waals surface area contributed by atoms with E-state index in [1.165, 1.54) is 14.2 Å². The van der Waals surface area contributed by atoms with Crippen LogP contribution in [0.15, 0.2) is 24.3 Å². The molecule has 0 saturated heterocycles. The summed E-state index contributed by atoms with van der Waals surface area (Å²) < 4.78 is 11.2. The van der Waals surface area contributed by atoms with Crippen LogP contribution in [0.3, 0.4) is 0 Å². The third-order valence-corrected chi connectivity index (χ3v) is 3.56. The number of methoxy groups -OCH3 is 2. The summed E-state index contributed by atoms with van der Waals surface area (Å²) in [5.41, 5.74) is 0.964. The number of benzene rings is 1. The SMILES string of the molecule is COC(OC)C(O)Cc1nc2ccccc2s1. The fraction of sp³-hybridized carbons (Fsp3) is 0.417. The van der Waals surface area contributed by atoms with Crippen LogP contribution in [0, 0.1) is 0 Å². The van der Waals surface area contributed by atoms with Crippen molar-refractivity contribution in [2.75, 3.05) is 14.2 Å². The average molecular weight is 253 g/mol. The largest absolute Gasteiger partial charge is 0.387 e. The fourth-order valence-electron chi connectivity index (χ4n) is 1.69. The summed E-state index contributed by atoms with van der Waals surface area (Å²) in [6.45, 7) is 0. The highest BCUT2D eigenvalue weighted by molar-refractivity contribution is 7.18. The lowest BCUT2D eigenvalue weighted by atomic mass is 10.2. The van der Waals surface area contributed by atoms with E-state index in [4.69, 9.17) is 9.47 Å². The molecule has 0 aliphatic rings. The van der Waals surface area contributed by atoms with Crippen LogP contribution in [0.2, 0.25) is 0 Å². The van der Waals surface area contributed by atoms with Gasteiger partial charge in [0.25, 0.3) is 0 Å². The maximum Gasteiger partial charge on any atom is 0.183 e. The minimum Gasteiger partial charge on any atom is -0.387 e. The van der Waals surface area contributed by atoms with Crippen LogP contribution in [-0.4, -0.2) is 36.7 Å². The van der Waals surface area contributed by atoms with Gasteiger partial charge < -0.3 is 14.6 Å². The molecule has 5 heteroatoms. The van der Waals surface area contributed by atoms with Gasteiger partial charge in [0.2, 0.25) is 0 Å². The van der Waals surface area contributed by atoms with Crippen LogP contribution in [0.5, 0.6) is 0 Å². The van der Waals surface area contributed by atoms with Gasteiger partial charge in [0.15, 0.2) is 6.29 Å². The van der Waals surface area contributed by atoms with Crippen LogP contribution in [-0.2, 0) is 15.9 Å². The highest BCUT2D eigenvalue weighted by Crippen LogP contribution is 2.23. The third kappa shape index (κ3) is 2.81. The second kappa shape index (κ2) is 5.55. The maximum absolute atomic E-state index is 9.90. The van der Waals surface area contributed by atoms with Gasteiger partial charge in [-0.2, -0.15) is 0 Å². The molecule has 1 unspecified atom stereocenters. The molecule has 17 heavy (non-hydrogen) atoms. The van der Waals surface area contributed by atoms with Gasteiger partial charge in [0.1, 0.15) is 6.10 Å². The summed E-state index contributed by atoms with van der Waals surface area (Å²) in [5.74, 6) is 0. The molecule has 1 aromatic heterocycles. The molecule has 0 fully saturated rings. The first kappa shape index (κ1) is 12.4. The van der Waals surface area contributed by atoms with Gasteiger partial charge in [0, 0.05) is 20.6 Å². The standard InChI is InChI=1S/C12H15NO3S/c1-15-12(16-2)9(14)7-11-13-8-5-3-4-6-10(8)17-11/h3-6,9,12,14H,7H2,1-2H3. The molecule has 0 spiro atoms. The molecule has 0 amide bonds. The van der Waals surface area contributed by atoms with Gasteiger partial charge >= 0.3 is 0 Å². The topological polar surface area (TPSA) is 51.6 Å². The Bertz CT molecular complexity index is 448. The number of aromatic nitrogens is 1. The van der Waals surface area contributed by atoms with Crippen molar-refractivity contribution in [2.45, 2.75) is 18.8 Å². The lowest BCUT2D eigenvalue weighted by molar-refractivity contribution is -0.163. The number of thiazole rings is 1. The van der Waals surface area contributed by atoms with Crippen molar-refractivity contribution in [3.8, 4) is 0 Å². The van der Waals surface area contributed by atoms with E-state index < -0.39 is 12.4 Å². The molecule has 2 rings (SSSR count). The van der Waals surface area contributed by atoms with E-state index >= 15 is 0 Å². The summed E-state index contributed by atoms with van der Waals surface area (Å²) in [6.07, 6.45) is -0.876. The molecular formula is C12H15NO3S. The van der Waals surface area contributed by atoms with Gasteiger partial charge in [-0.05, 0) is 12.1 Å². The Labute approximate surface area is 104 Å². The first-order chi connectivity index (χ1) is 8.24. The van der Waals surface area contributed by atoms with Crippen LogP contribution in [0.4, 0.5) is 0 Å². The lowest BCUT2D eigenvalue weighted by Crippen LogP contribution is -2.31. The fourth-order valence-corrected chi connectivity index (χ4v) is 2.71. The van der Waals surface area contributed by atoms with E-state index in [0.29, 0.717) is 6.42 Å². The maximum atomic E-state index is 9.90. The summed E-state index contributed by atoms with van der Waals surface area (Å²) in [7, 11) is 3.02. The van der Waals surface area contributed by atoms with Gasteiger partial charge in [-0.3, -0.25) is 0 Å². The van der Waals surface area contributed by atoms with Crippen molar-refractivity contribution in [3.63, 3.8) is 0 Å². The Morgan fingerprint density at radius 1 is 1.29 bits per heavy atom. The quantitative estimate of drug-likeness (QED) is 0.826. The normalized spacial score (nSPS) is 13.4. The van der Waals surface area contributed by atoms with Crippen LogP contribution in [0.25, 0.3) is 10.2 Å². The molecule has 4 nitrogen and oxygen atoms in total. The van der Waals surface area contributed by atoms with Gasteiger partial charge in [-0.1, -0.05) is 12.1 Å². The van der Waals surface area contributed by atoms with Crippen molar-refractivity contribution in [3.05, 3.63) is 29.3 Å². The molecule has 0 aliphatic carbocycles. The summed E-state index contributed by atoms with van der Waals surface area (Å²) >= 11 is 1.58. The lowest BCUT2D eigenvalue weighted by Gasteiger charge is -2.18. The van der Waals surface area contributed by atoms with E-state index in [-0.39, 0.29) is 0 Å². The minimum absolute atomic E-state index is 0.436. The molecule has 1 aromatic carbocycles. The molecule has 0 aliphatic heterocycles. The smallest absolute Gasteiger partial charge is 0.183 e. The highest BCUT2D eigenvalue weighted by atomic mass is 32.1. The van der Waals surface area contributed by atoms with Gasteiger partial charge in [-0.25, -0.2) is 4.98 Å². The van der Waals surface area contributed by atoms with Crippen LogP contribution >= 0.6 is 11.3 Å². The Balaban J connectivity index is 2.12. The van der Waals surface area contributed by atoms with E-state index in [2.05, 4.69) is 4.98 Å². The van der Waals surface area contributed by atoms with Crippen LogP contribution < -0.4 is 0 Å². The van der Waals surface area contributed by atoms with E-state index in [9.17, 15) is 5.11 Å². The highest BCUT2D eigenvalue weighted by Gasteiger charge is 2.20. The van der Waals surface area contributed by atoms with E-state index in [0.717, 1.165) is 15.2 Å².